The van der Waals surface area contributed by atoms with E-state index in [1.165, 1.54) is 12.1 Å². The molecule has 0 heterocycles. The maximum absolute atomic E-state index is 13.2. The van der Waals surface area contributed by atoms with Crippen LogP contribution in [0.15, 0.2) is 46.9 Å². The summed E-state index contributed by atoms with van der Waals surface area (Å²) in [6.45, 7) is 1.13. The van der Waals surface area contributed by atoms with Gasteiger partial charge >= 0.3 is 0 Å². The first-order valence-electron chi connectivity index (χ1n) is 8.06. The fourth-order valence-electron chi connectivity index (χ4n) is 2.27. The lowest BCUT2D eigenvalue weighted by Gasteiger charge is -2.08. The molecule has 5 nitrogen and oxygen atoms in total. The summed E-state index contributed by atoms with van der Waals surface area (Å²) in [4.78, 5) is 23.9. The molecule has 2 aromatic rings. The Morgan fingerprint density at radius 2 is 1.77 bits per heavy atom. The molecule has 0 aliphatic heterocycles. The quantitative estimate of drug-likeness (QED) is 0.686. The summed E-state index contributed by atoms with van der Waals surface area (Å²) in [6.07, 6.45) is 0.139. The van der Waals surface area contributed by atoms with E-state index in [1.54, 1.807) is 7.11 Å². The van der Waals surface area contributed by atoms with Crippen molar-refractivity contribution >= 4 is 27.7 Å². The van der Waals surface area contributed by atoms with E-state index in [2.05, 4.69) is 26.6 Å². The van der Waals surface area contributed by atoms with Crippen LogP contribution in [0.1, 0.15) is 27.9 Å². The van der Waals surface area contributed by atoms with Gasteiger partial charge in [-0.25, -0.2) is 4.39 Å². The van der Waals surface area contributed by atoms with Gasteiger partial charge in [-0.1, -0.05) is 24.3 Å². The van der Waals surface area contributed by atoms with Crippen molar-refractivity contribution in [1.29, 1.82) is 0 Å². The monoisotopic (exact) mass is 422 g/mol. The molecule has 0 unspecified atom stereocenters. The van der Waals surface area contributed by atoms with Gasteiger partial charge in [0.25, 0.3) is 5.91 Å². The van der Waals surface area contributed by atoms with Crippen LogP contribution in [-0.4, -0.2) is 25.5 Å². The van der Waals surface area contributed by atoms with Crippen LogP contribution in [0.4, 0.5) is 4.39 Å². The van der Waals surface area contributed by atoms with Gasteiger partial charge in [-0.15, -0.1) is 0 Å². The molecule has 0 aliphatic rings. The Morgan fingerprint density at radius 3 is 2.46 bits per heavy atom. The molecular formula is C19H20BrFN2O3. The van der Waals surface area contributed by atoms with E-state index in [9.17, 15) is 14.0 Å². The Balaban J connectivity index is 1.73. The van der Waals surface area contributed by atoms with E-state index < -0.39 is 11.7 Å². The maximum Gasteiger partial charge on any atom is 0.252 e. The summed E-state index contributed by atoms with van der Waals surface area (Å²) in [5, 5.41) is 5.40. The number of benzene rings is 2. The van der Waals surface area contributed by atoms with E-state index >= 15 is 0 Å². The number of ether oxygens (including phenoxy) is 1. The smallest absolute Gasteiger partial charge is 0.252 e. The predicted octanol–water partition coefficient (Wildman–Crippen LogP) is 3.17. The number of halogens is 2. The third kappa shape index (κ3) is 6.24. The van der Waals surface area contributed by atoms with Gasteiger partial charge in [0.15, 0.2) is 0 Å². The molecule has 2 N–H and O–H groups in total. The SMILES string of the molecule is COCc1ccc(CNC(=O)CCNC(=O)c2cc(F)ccc2Br)cc1. The Bertz CT molecular complexity index is 766. The zero-order chi connectivity index (χ0) is 18.9. The van der Waals surface area contributed by atoms with E-state index in [1.807, 2.05) is 24.3 Å². The van der Waals surface area contributed by atoms with Crippen LogP contribution >= 0.6 is 15.9 Å². The Morgan fingerprint density at radius 1 is 1.08 bits per heavy atom. The summed E-state index contributed by atoms with van der Waals surface area (Å²) in [7, 11) is 1.64. The van der Waals surface area contributed by atoms with Crippen molar-refractivity contribution < 1.29 is 18.7 Å². The summed E-state index contributed by atoms with van der Waals surface area (Å²) < 4.78 is 18.8. The Kier molecular flexibility index (Phi) is 7.74. The van der Waals surface area contributed by atoms with Gasteiger partial charge in [0.2, 0.25) is 5.91 Å². The number of carbonyl (C=O) groups excluding carboxylic acids is 2. The third-order valence-corrected chi connectivity index (χ3v) is 4.33. The Hall–Kier alpha value is -2.25. The molecule has 0 spiro atoms. The molecule has 0 bridgehead atoms. The van der Waals surface area contributed by atoms with Gasteiger partial charge in [-0.3, -0.25) is 9.59 Å². The molecule has 0 radical (unpaired) electrons. The summed E-state index contributed by atoms with van der Waals surface area (Å²) in [5.74, 6) is -1.10. The van der Waals surface area contributed by atoms with Crippen LogP contribution in [-0.2, 0) is 22.7 Å². The van der Waals surface area contributed by atoms with Crippen LogP contribution in [0.2, 0.25) is 0 Å². The highest BCUT2D eigenvalue weighted by Crippen LogP contribution is 2.17. The number of methoxy groups -OCH3 is 1. The van der Waals surface area contributed by atoms with Crippen molar-refractivity contribution in [3.8, 4) is 0 Å². The molecule has 2 amide bonds. The van der Waals surface area contributed by atoms with Crippen molar-refractivity contribution in [2.75, 3.05) is 13.7 Å². The fourth-order valence-corrected chi connectivity index (χ4v) is 2.69. The average Bonchev–Trinajstić information content (AvgIpc) is 2.63. The number of hydrogen-bond acceptors (Lipinski definition) is 3. The minimum atomic E-state index is -0.493. The van der Waals surface area contributed by atoms with Crippen LogP contribution in [0.25, 0.3) is 0 Å². The normalized spacial score (nSPS) is 10.4. The number of hydrogen-bond donors (Lipinski definition) is 2. The first kappa shape index (κ1) is 20.1. The van der Waals surface area contributed by atoms with Crippen LogP contribution < -0.4 is 10.6 Å². The Labute approximate surface area is 160 Å². The molecule has 7 heteroatoms. The lowest BCUT2D eigenvalue weighted by Crippen LogP contribution is -2.30. The second kappa shape index (κ2) is 10.0. The number of carbonyl (C=O) groups is 2. The summed E-state index contributed by atoms with van der Waals surface area (Å²) in [5.41, 5.74) is 2.24. The van der Waals surface area contributed by atoms with Crippen molar-refractivity contribution in [1.82, 2.24) is 10.6 Å². The van der Waals surface area contributed by atoms with Gasteiger partial charge in [0.1, 0.15) is 5.82 Å². The number of amides is 2. The predicted molar refractivity (Wildman–Crippen MR) is 100 cm³/mol. The largest absolute Gasteiger partial charge is 0.380 e. The fraction of sp³-hybridized carbons (Fsp3) is 0.263. The van der Waals surface area contributed by atoms with Crippen LogP contribution in [0, 0.1) is 5.82 Å². The number of rotatable bonds is 8. The molecule has 0 atom stereocenters. The van der Waals surface area contributed by atoms with Gasteiger partial charge in [-0.2, -0.15) is 0 Å². The second-order valence-electron chi connectivity index (χ2n) is 5.66. The molecule has 0 aliphatic carbocycles. The highest BCUT2D eigenvalue weighted by molar-refractivity contribution is 9.10. The first-order valence-corrected chi connectivity index (χ1v) is 8.85. The molecule has 2 rings (SSSR count). The van der Waals surface area contributed by atoms with Gasteiger partial charge in [0, 0.05) is 31.1 Å². The third-order valence-electron chi connectivity index (χ3n) is 3.63. The molecule has 0 aromatic heterocycles. The average molecular weight is 423 g/mol. The molecule has 0 fully saturated rings. The number of nitrogens with one attached hydrogen (secondary N) is 2. The highest BCUT2D eigenvalue weighted by atomic mass is 79.9. The van der Waals surface area contributed by atoms with E-state index in [4.69, 9.17) is 4.74 Å². The van der Waals surface area contributed by atoms with E-state index in [0.29, 0.717) is 17.6 Å². The maximum atomic E-state index is 13.2. The summed E-state index contributed by atoms with van der Waals surface area (Å²) in [6, 6.07) is 11.6. The highest BCUT2D eigenvalue weighted by Gasteiger charge is 2.11. The van der Waals surface area contributed by atoms with Crippen LogP contribution in [0.5, 0.6) is 0 Å². The molecule has 138 valence electrons. The lowest BCUT2D eigenvalue weighted by atomic mass is 10.1. The topological polar surface area (TPSA) is 67.4 Å². The standard InChI is InChI=1S/C19H20BrFN2O3/c1-26-12-14-4-2-13(3-5-14)11-23-18(24)8-9-22-19(25)16-10-15(21)6-7-17(16)20/h2-7,10H,8-9,11-12H2,1H3,(H,22,25)(H,23,24). The van der Waals surface area contributed by atoms with Crippen molar-refractivity contribution in [3.63, 3.8) is 0 Å². The van der Waals surface area contributed by atoms with Crippen molar-refractivity contribution in [2.24, 2.45) is 0 Å². The molecule has 0 saturated heterocycles. The van der Waals surface area contributed by atoms with Crippen molar-refractivity contribution in [2.45, 2.75) is 19.6 Å². The minimum absolute atomic E-state index is 0.139. The molecule has 0 saturated carbocycles. The molecule has 2 aromatic carbocycles. The minimum Gasteiger partial charge on any atom is -0.380 e. The second-order valence-corrected chi connectivity index (χ2v) is 6.51. The van der Waals surface area contributed by atoms with Crippen LogP contribution in [0.3, 0.4) is 0 Å². The van der Waals surface area contributed by atoms with Gasteiger partial charge in [-0.05, 0) is 45.3 Å². The van der Waals surface area contributed by atoms with Gasteiger partial charge in [0.05, 0.1) is 12.2 Å². The van der Waals surface area contributed by atoms with Crippen molar-refractivity contribution in [3.05, 3.63) is 69.4 Å². The zero-order valence-electron chi connectivity index (χ0n) is 14.4. The van der Waals surface area contributed by atoms with Gasteiger partial charge < -0.3 is 15.4 Å². The lowest BCUT2D eigenvalue weighted by molar-refractivity contribution is -0.121. The molecule has 26 heavy (non-hydrogen) atoms. The van der Waals surface area contributed by atoms with E-state index in [-0.39, 0.29) is 24.4 Å². The first-order chi connectivity index (χ1) is 12.5. The summed E-state index contributed by atoms with van der Waals surface area (Å²) >= 11 is 3.20. The van der Waals surface area contributed by atoms with E-state index in [0.717, 1.165) is 17.2 Å². The molecular weight excluding hydrogens is 403 g/mol. The zero-order valence-corrected chi connectivity index (χ0v) is 15.9.